The number of rotatable bonds is 7. The summed E-state index contributed by atoms with van der Waals surface area (Å²) in [5.41, 5.74) is 2.04. The Morgan fingerprint density at radius 2 is 1.83 bits per heavy atom. The number of carbonyl (C=O) groups is 1. The number of para-hydroxylation sites is 1. The third kappa shape index (κ3) is 4.15. The zero-order valence-corrected chi connectivity index (χ0v) is 14.2. The van der Waals surface area contributed by atoms with Gasteiger partial charge in [0.05, 0.1) is 13.2 Å². The van der Waals surface area contributed by atoms with E-state index in [2.05, 4.69) is 22.3 Å². The summed E-state index contributed by atoms with van der Waals surface area (Å²) in [6.45, 7) is 2.76. The van der Waals surface area contributed by atoms with Crippen LogP contribution in [-0.4, -0.2) is 30.0 Å². The van der Waals surface area contributed by atoms with Crippen LogP contribution < -0.4 is 10.1 Å². The van der Waals surface area contributed by atoms with Crippen molar-refractivity contribution in [1.29, 1.82) is 0 Å². The number of anilines is 1. The van der Waals surface area contributed by atoms with Gasteiger partial charge >= 0.3 is 0 Å². The molecule has 126 valence electrons. The van der Waals surface area contributed by atoms with Crippen LogP contribution >= 0.6 is 0 Å². The minimum Gasteiger partial charge on any atom is -0.497 e. The van der Waals surface area contributed by atoms with Gasteiger partial charge in [0.2, 0.25) is 5.91 Å². The highest BCUT2D eigenvalue weighted by Crippen LogP contribution is 2.30. The van der Waals surface area contributed by atoms with Crippen molar-refractivity contribution in [2.24, 2.45) is 0 Å². The molecule has 1 fully saturated rings. The second-order valence-corrected chi connectivity index (χ2v) is 6.28. The van der Waals surface area contributed by atoms with E-state index in [-0.39, 0.29) is 11.9 Å². The van der Waals surface area contributed by atoms with Crippen LogP contribution in [0.3, 0.4) is 0 Å². The molecule has 0 aliphatic heterocycles. The van der Waals surface area contributed by atoms with E-state index in [4.69, 9.17) is 4.74 Å². The SMILES string of the molecule is COc1ccc(CN(C2CC2)[C@@H](C)C(=O)Nc2ccccc2)cc1. The minimum atomic E-state index is -0.167. The molecule has 0 saturated heterocycles. The van der Waals surface area contributed by atoms with E-state index < -0.39 is 0 Å². The summed E-state index contributed by atoms with van der Waals surface area (Å²) in [5.74, 6) is 0.896. The van der Waals surface area contributed by atoms with Gasteiger partial charge in [-0.25, -0.2) is 0 Å². The number of amides is 1. The van der Waals surface area contributed by atoms with Crippen LogP contribution in [0.2, 0.25) is 0 Å². The Bertz CT molecular complexity index is 666. The molecule has 1 N–H and O–H groups in total. The quantitative estimate of drug-likeness (QED) is 0.844. The zero-order chi connectivity index (χ0) is 16.9. The summed E-state index contributed by atoms with van der Waals surface area (Å²) in [6, 6.07) is 18.0. The van der Waals surface area contributed by atoms with E-state index in [9.17, 15) is 4.79 Å². The average molecular weight is 324 g/mol. The largest absolute Gasteiger partial charge is 0.497 e. The molecule has 0 spiro atoms. The number of nitrogens with zero attached hydrogens (tertiary/aromatic N) is 1. The van der Waals surface area contributed by atoms with Crippen molar-refractivity contribution in [2.45, 2.75) is 38.4 Å². The molecule has 1 atom stereocenters. The van der Waals surface area contributed by atoms with E-state index in [0.29, 0.717) is 6.04 Å². The maximum Gasteiger partial charge on any atom is 0.241 e. The summed E-state index contributed by atoms with van der Waals surface area (Å²) in [4.78, 5) is 14.9. The number of benzene rings is 2. The number of hydrogen-bond donors (Lipinski definition) is 1. The molecular weight excluding hydrogens is 300 g/mol. The third-order valence-corrected chi connectivity index (χ3v) is 4.46. The van der Waals surface area contributed by atoms with Crippen molar-refractivity contribution < 1.29 is 9.53 Å². The van der Waals surface area contributed by atoms with Crippen molar-refractivity contribution in [2.75, 3.05) is 12.4 Å². The fraction of sp³-hybridized carbons (Fsp3) is 0.350. The molecule has 0 unspecified atom stereocenters. The number of methoxy groups -OCH3 is 1. The molecule has 0 radical (unpaired) electrons. The molecule has 4 heteroatoms. The van der Waals surface area contributed by atoms with Crippen molar-refractivity contribution in [3.8, 4) is 5.75 Å². The van der Waals surface area contributed by atoms with E-state index in [1.807, 2.05) is 49.4 Å². The number of carbonyl (C=O) groups excluding carboxylic acids is 1. The zero-order valence-electron chi connectivity index (χ0n) is 14.2. The molecular formula is C20H24N2O2. The lowest BCUT2D eigenvalue weighted by atomic mass is 10.1. The molecule has 1 amide bonds. The van der Waals surface area contributed by atoms with E-state index in [1.165, 1.54) is 18.4 Å². The molecule has 0 bridgehead atoms. The van der Waals surface area contributed by atoms with Crippen molar-refractivity contribution in [3.05, 3.63) is 60.2 Å². The van der Waals surface area contributed by atoms with Gasteiger partial charge < -0.3 is 10.1 Å². The van der Waals surface area contributed by atoms with Crippen LogP contribution in [-0.2, 0) is 11.3 Å². The monoisotopic (exact) mass is 324 g/mol. The summed E-state index contributed by atoms with van der Waals surface area (Å²) < 4.78 is 5.21. The minimum absolute atomic E-state index is 0.0432. The smallest absolute Gasteiger partial charge is 0.241 e. The third-order valence-electron chi connectivity index (χ3n) is 4.46. The predicted octanol–water partition coefficient (Wildman–Crippen LogP) is 3.69. The fourth-order valence-electron chi connectivity index (χ4n) is 2.85. The Hall–Kier alpha value is -2.33. The molecule has 4 nitrogen and oxygen atoms in total. The summed E-state index contributed by atoms with van der Waals surface area (Å²) in [6.07, 6.45) is 2.33. The number of hydrogen-bond acceptors (Lipinski definition) is 3. The first-order valence-electron chi connectivity index (χ1n) is 8.42. The summed E-state index contributed by atoms with van der Waals surface area (Å²) >= 11 is 0. The lowest BCUT2D eigenvalue weighted by Gasteiger charge is -2.28. The molecule has 24 heavy (non-hydrogen) atoms. The second kappa shape index (κ2) is 7.49. The second-order valence-electron chi connectivity index (χ2n) is 6.28. The first-order chi connectivity index (χ1) is 11.7. The van der Waals surface area contributed by atoms with Crippen molar-refractivity contribution >= 4 is 11.6 Å². The molecule has 0 heterocycles. The molecule has 2 aromatic rings. The topological polar surface area (TPSA) is 41.6 Å². The Morgan fingerprint density at radius 1 is 1.17 bits per heavy atom. The Balaban J connectivity index is 1.66. The lowest BCUT2D eigenvalue weighted by molar-refractivity contribution is -0.121. The van der Waals surface area contributed by atoms with Gasteiger partial charge in [-0.15, -0.1) is 0 Å². The molecule has 2 aromatic carbocycles. The first kappa shape index (κ1) is 16.5. The number of ether oxygens (including phenoxy) is 1. The normalized spacial score (nSPS) is 15.1. The van der Waals surface area contributed by atoms with Gasteiger partial charge in [-0.2, -0.15) is 0 Å². The van der Waals surface area contributed by atoms with Crippen LogP contribution in [0, 0.1) is 0 Å². The molecule has 1 aliphatic carbocycles. The predicted molar refractivity (Wildman–Crippen MR) is 96.1 cm³/mol. The molecule has 0 aromatic heterocycles. The first-order valence-corrected chi connectivity index (χ1v) is 8.42. The van der Waals surface area contributed by atoms with E-state index >= 15 is 0 Å². The van der Waals surface area contributed by atoms with Gasteiger partial charge in [0, 0.05) is 18.3 Å². The number of nitrogens with one attached hydrogen (secondary N) is 1. The molecule has 1 aliphatic rings. The van der Waals surface area contributed by atoms with Gasteiger partial charge in [0.1, 0.15) is 5.75 Å². The van der Waals surface area contributed by atoms with Gasteiger partial charge in [-0.1, -0.05) is 30.3 Å². The molecule has 1 saturated carbocycles. The van der Waals surface area contributed by atoms with Crippen molar-refractivity contribution in [1.82, 2.24) is 4.90 Å². The molecule has 3 rings (SSSR count). The van der Waals surface area contributed by atoms with Gasteiger partial charge in [0.25, 0.3) is 0 Å². The van der Waals surface area contributed by atoms with Gasteiger partial charge in [-0.05, 0) is 49.6 Å². The maximum absolute atomic E-state index is 12.6. The van der Waals surface area contributed by atoms with Crippen LogP contribution in [0.5, 0.6) is 5.75 Å². The van der Waals surface area contributed by atoms with Crippen molar-refractivity contribution in [3.63, 3.8) is 0 Å². The Morgan fingerprint density at radius 3 is 2.42 bits per heavy atom. The highest BCUT2D eigenvalue weighted by atomic mass is 16.5. The highest BCUT2D eigenvalue weighted by molar-refractivity contribution is 5.94. The fourth-order valence-corrected chi connectivity index (χ4v) is 2.85. The summed E-state index contributed by atoms with van der Waals surface area (Å²) in [7, 11) is 1.67. The summed E-state index contributed by atoms with van der Waals surface area (Å²) in [5, 5.41) is 3.01. The Labute approximate surface area is 143 Å². The van der Waals surface area contributed by atoms with Gasteiger partial charge in [-0.3, -0.25) is 9.69 Å². The van der Waals surface area contributed by atoms with Crippen LogP contribution in [0.4, 0.5) is 5.69 Å². The highest BCUT2D eigenvalue weighted by Gasteiger charge is 2.34. The average Bonchev–Trinajstić information content (AvgIpc) is 3.45. The standard InChI is InChI=1S/C20H24N2O2/c1-15(20(23)21-17-6-4-3-5-7-17)22(18-10-11-18)14-16-8-12-19(24-2)13-9-16/h3-9,12-13,15,18H,10-11,14H2,1-2H3,(H,21,23)/t15-/m0/s1. The lowest BCUT2D eigenvalue weighted by Crippen LogP contribution is -2.42. The van der Waals surface area contributed by atoms with E-state index in [1.54, 1.807) is 7.11 Å². The van der Waals surface area contributed by atoms with E-state index in [0.717, 1.165) is 18.0 Å². The van der Waals surface area contributed by atoms with Crippen LogP contribution in [0.15, 0.2) is 54.6 Å². The maximum atomic E-state index is 12.6. The van der Waals surface area contributed by atoms with Crippen LogP contribution in [0.25, 0.3) is 0 Å². The van der Waals surface area contributed by atoms with Crippen LogP contribution in [0.1, 0.15) is 25.3 Å². The Kier molecular flexibility index (Phi) is 5.16. The van der Waals surface area contributed by atoms with Gasteiger partial charge in [0.15, 0.2) is 0 Å².